The maximum atomic E-state index is 8.21. The summed E-state index contributed by atoms with van der Waals surface area (Å²) in [7, 11) is 0. The summed E-state index contributed by atoms with van der Waals surface area (Å²) in [4.78, 5) is 2.67. The van der Waals surface area contributed by atoms with Gasteiger partial charge >= 0.3 is 0 Å². The Bertz CT molecular complexity index is 467. The van der Waals surface area contributed by atoms with E-state index in [4.69, 9.17) is 5.53 Å². The Labute approximate surface area is 80.0 Å². The Balaban J connectivity index is 2.39. The average molecular weight is 185 g/mol. The van der Waals surface area contributed by atoms with E-state index in [0.717, 1.165) is 11.3 Å². The fourth-order valence-corrected chi connectivity index (χ4v) is 1.17. The minimum Gasteiger partial charge on any atom is -0.275 e. The molecule has 0 spiro atoms. The number of hydrogen-bond acceptors (Lipinski definition) is 2. The van der Waals surface area contributed by atoms with Crippen molar-refractivity contribution in [2.45, 2.75) is 0 Å². The van der Waals surface area contributed by atoms with Gasteiger partial charge < -0.3 is 0 Å². The van der Waals surface area contributed by atoms with Crippen LogP contribution in [0.5, 0.6) is 0 Å². The molecular weight excluding hydrogens is 178 g/mol. The zero-order chi connectivity index (χ0) is 9.80. The van der Waals surface area contributed by atoms with Crippen LogP contribution in [0.1, 0.15) is 0 Å². The Morgan fingerprint density at radius 1 is 1.29 bits per heavy atom. The predicted molar refractivity (Wildman–Crippen MR) is 52.8 cm³/mol. The van der Waals surface area contributed by atoms with Crippen LogP contribution in [-0.4, -0.2) is 10.2 Å². The molecule has 0 aliphatic carbocycles. The summed E-state index contributed by atoms with van der Waals surface area (Å²) in [6.07, 6.45) is 0. The van der Waals surface area contributed by atoms with Crippen molar-refractivity contribution in [3.63, 3.8) is 0 Å². The first-order valence-electron chi connectivity index (χ1n) is 4.06. The smallest absolute Gasteiger partial charge is 0.122 e. The van der Waals surface area contributed by atoms with Crippen LogP contribution in [0.2, 0.25) is 0 Å². The highest BCUT2D eigenvalue weighted by atomic mass is 15.2. The van der Waals surface area contributed by atoms with Gasteiger partial charge in [0.05, 0.1) is 5.69 Å². The Morgan fingerprint density at radius 2 is 2.07 bits per heavy atom. The summed E-state index contributed by atoms with van der Waals surface area (Å²) in [6.45, 7) is 0. The topological polar surface area (TPSA) is 77.4 Å². The van der Waals surface area contributed by atoms with Crippen molar-refractivity contribution in [3.05, 3.63) is 46.8 Å². The number of aromatic nitrogens is 2. The molecule has 0 radical (unpaired) electrons. The molecule has 5 nitrogen and oxygen atoms in total. The van der Waals surface area contributed by atoms with Gasteiger partial charge in [0.2, 0.25) is 0 Å². The maximum Gasteiger partial charge on any atom is 0.122 e. The van der Waals surface area contributed by atoms with E-state index in [1.54, 1.807) is 6.07 Å². The number of aromatic amines is 1. The molecule has 1 N–H and O–H groups in total. The van der Waals surface area contributed by atoms with Crippen molar-refractivity contribution in [2.75, 3.05) is 0 Å². The van der Waals surface area contributed by atoms with Gasteiger partial charge in [0, 0.05) is 10.5 Å². The highest BCUT2D eigenvalue weighted by molar-refractivity contribution is 5.61. The van der Waals surface area contributed by atoms with Crippen molar-refractivity contribution in [2.24, 2.45) is 5.11 Å². The molecule has 2 rings (SSSR count). The summed E-state index contributed by atoms with van der Waals surface area (Å²) in [5.74, 6) is 0.423. The standard InChI is InChI=1S/C9H7N5/c10-14-13-9-6-8(11-12-9)7-4-2-1-3-5-7/h1-6H,(H,11,12). The van der Waals surface area contributed by atoms with Crippen LogP contribution in [-0.2, 0) is 0 Å². The normalized spacial score (nSPS) is 9.43. The molecule has 0 bridgehead atoms. The first kappa shape index (κ1) is 8.34. The van der Waals surface area contributed by atoms with Crippen LogP contribution in [0.25, 0.3) is 21.7 Å². The van der Waals surface area contributed by atoms with Crippen LogP contribution >= 0.6 is 0 Å². The van der Waals surface area contributed by atoms with E-state index >= 15 is 0 Å². The lowest BCUT2D eigenvalue weighted by Gasteiger charge is -1.92. The predicted octanol–water partition coefficient (Wildman–Crippen LogP) is 3.02. The highest BCUT2D eigenvalue weighted by Crippen LogP contribution is 2.20. The third kappa shape index (κ3) is 1.57. The largest absolute Gasteiger partial charge is 0.275 e. The molecule has 0 aliphatic rings. The molecule has 1 aromatic heterocycles. The quantitative estimate of drug-likeness (QED) is 0.435. The fourth-order valence-electron chi connectivity index (χ4n) is 1.17. The lowest BCUT2D eigenvalue weighted by atomic mass is 10.2. The van der Waals surface area contributed by atoms with Gasteiger partial charge in [-0.2, -0.15) is 5.10 Å². The first-order chi connectivity index (χ1) is 6.90. The number of rotatable bonds is 2. The zero-order valence-electron chi connectivity index (χ0n) is 7.25. The fraction of sp³-hybridized carbons (Fsp3) is 0. The number of benzene rings is 1. The number of nitrogens with zero attached hydrogens (tertiary/aromatic N) is 4. The highest BCUT2D eigenvalue weighted by Gasteiger charge is 2.00. The molecule has 0 aliphatic heterocycles. The zero-order valence-corrected chi connectivity index (χ0v) is 7.25. The number of nitrogens with one attached hydrogen (secondary N) is 1. The number of hydrogen-bond donors (Lipinski definition) is 1. The number of azide groups is 1. The second-order valence-corrected chi connectivity index (χ2v) is 2.69. The Kier molecular flexibility index (Phi) is 2.17. The van der Waals surface area contributed by atoms with Crippen LogP contribution in [0.3, 0.4) is 0 Å². The maximum absolute atomic E-state index is 8.21. The molecule has 0 saturated carbocycles. The van der Waals surface area contributed by atoms with Gasteiger partial charge in [-0.15, -0.1) is 0 Å². The minimum atomic E-state index is 0.423. The number of H-pyrrole nitrogens is 1. The van der Waals surface area contributed by atoms with E-state index in [1.807, 2.05) is 30.3 Å². The van der Waals surface area contributed by atoms with E-state index in [2.05, 4.69) is 20.2 Å². The van der Waals surface area contributed by atoms with Gasteiger partial charge in [-0.25, -0.2) is 0 Å². The second kappa shape index (κ2) is 3.64. The monoisotopic (exact) mass is 185 g/mol. The average Bonchev–Trinajstić information content (AvgIpc) is 2.68. The van der Waals surface area contributed by atoms with Gasteiger partial charge in [-0.1, -0.05) is 30.3 Å². The molecule has 1 aromatic carbocycles. The molecule has 14 heavy (non-hydrogen) atoms. The van der Waals surface area contributed by atoms with Crippen molar-refractivity contribution in [1.29, 1.82) is 0 Å². The van der Waals surface area contributed by atoms with Gasteiger partial charge in [-0.05, 0) is 16.7 Å². The molecule has 1 heterocycles. The van der Waals surface area contributed by atoms with E-state index in [0.29, 0.717) is 5.82 Å². The van der Waals surface area contributed by atoms with Crippen molar-refractivity contribution in [3.8, 4) is 11.3 Å². The molecular formula is C9H7N5. The third-order valence-corrected chi connectivity index (χ3v) is 1.79. The van der Waals surface area contributed by atoms with E-state index < -0.39 is 0 Å². The summed E-state index contributed by atoms with van der Waals surface area (Å²) >= 11 is 0. The molecule has 2 aromatic rings. The Morgan fingerprint density at radius 3 is 2.79 bits per heavy atom. The lowest BCUT2D eigenvalue weighted by molar-refractivity contribution is 1.08. The van der Waals surface area contributed by atoms with Crippen LogP contribution in [0.4, 0.5) is 5.82 Å². The van der Waals surface area contributed by atoms with Gasteiger partial charge in [0.25, 0.3) is 0 Å². The summed E-state index contributed by atoms with van der Waals surface area (Å²) < 4.78 is 0. The van der Waals surface area contributed by atoms with E-state index in [-0.39, 0.29) is 0 Å². The summed E-state index contributed by atoms with van der Waals surface area (Å²) in [6, 6.07) is 11.4. The van der Waals surface area contributed by atoms with Crippen LogP contribution in [0, 0.1) is 0 Å². The van der Waals surface area contributed by atoms with E-state index in [9.17, 15) is 0 Å². The second-order valence-electron chi connectivity index (χ2n) is 2.69. The van der Waals surface area contributed by atoms with Gasteiger partial charge in [0.1, 0.15) is 5.82 Å². The SMILES string of the molecule is [N-]=[N+]=Nc1cc(-c2ccccc2)n[nH]1. The third-order valence-electron chi connectivity index (χ3n) is 1.79. The minimum absolute atomic E-state index is 0.423. The lowest BCUT2D eigenvalue weighted by Crippen LogP contribution is -1.75. The Hall–Kier alpha value is -2.26. The molecule has 0 saturated heterocycles. The summed E-state index contributed by atoms with van der Waals surface area (Å²) in [5, 5.41) is 10.1. The molecule has 5 heteroatoms. The molecule has 68 valence electrons. The summed E-state index contributed by atoms with van der Waals surface area (Å²) in [5.41, 5.74) is 9.97. The van der Waals surface area contributed by atoms with Gasteiger partial charge in [0.15, 0.2) is 0 Å². The molecule has 0 amide bonds. The van der Waals surface area contributed by atoms with Gasteiger partial charge in [-0.3, -0.25) is 5.10 Å². The molecule has 0 fully saturated rings. The first-order valence-corrected chi connectivity index (χ1v) is 4.06. The van der Waals surface area contributed by atoms with E-state index in [1.165, 1.54) is 0 Å². The van der Waals surface area contributed by atoms with Crippen molar-refractivity contribution < 1.29 is 0 Å². The van der Waals surface area contributed by atoms with Crippen molar-refractivity contribution >= 4 is 5.82 Å². The van der Waals surface area contributed by atoms with Crippen LogP contribution < -0.4 is 0 Å². The van der Waals surface area contributed by atoms with Crippen molar-refractivity contribution in [1.82, 2.24) is 10.2 Å². The van der Waals surface area contributed by atoms with Crippen LogP contribution in [0.15, 0.2) is 41.5 Å². The molecule has 0 atom stereocenters. The molecule has 0 unspecified atom stereocenters.